The SMILES string of the molecule is Nc1ncnc2c1ccn2[C@@H]1O[C@H](CCc2ccc3ccc(NCC4CC4)nc3c2)[C@@H](O)[C@H]1O. The Balaban J connectivity index is 1.15. The topological polar surface area (TPSA) is 131 Å². The van der Waals surface area contributed by atoms with Crippen molar-refractivity contribution in [1.82, 2.24) is 19.5 Å². The zero-order chi connectivity index (χ0) is 23.2. The Morgan fingerprint density at radius 2 is 1.94 bits per heavy atom. The summed E-state index contributed by atoms with van der Waals surface area (Å²) in [6.07, 6.45) is 3.67. The van der Waals surface area contributed by atoms with Gasteiger partial charge in [0.15, 0.2) is 6.23 Å². The molecule has 1 aliphatic heterocycles. The average molecular weight is 461 g/mol. The fourth-order valence-electron chi connectivity index (χ4n) is 4.69. The number of aryl methyl sites for hydroxylation is 1. The summed E-state index contributed by atoms with van der Waals surface area (Å²) in [5, 5.41) is 26.6. The van der Waals surface area contributed by atoms with Gasteiger partial charge < -0.3 is 30.6 Å². The molecule has 4 aromatic rings. The number of aliphatic hydroxyl groups excluding tert-OH is 2. The molecule has 34 heavy (non-hydrogen) atoms. The molecule has 1 saturated heterocycles. The zero-order valence-electron chi connectivity index (χ0n) is 18.7. The third-order valence-electron chi connectivity index (χ3n) is 6.89. The molecule has 0 amide bonds. The van der Waals surface area contributed by atoms with Crippen molar-refractivity contribution in [2.75, 3.05) is 17.6 Å². The Morgan fingerprint density at radius 3 is 2.79 bits per heavy atom. The number of nitrogens with one attached hydrogen (secondary N) is 1. The van der Waals surface area contributed by atoms with Crippen molar-refractivity contribution in [1.29, 1.82) is 0 Å². The van der Waals surface area contributed by atoms with E-state index in [9.17, 15) is 10.2 Å². The summed E-state index contributed by atoms with van der Waals surface area (Å²) in [5.41, 5.74) is 8.55. The van der Waals surface area contributed by atoms with Gasteiger partial charge in [0.2, 0.25) is 0 Å². The highest BCUT2D eigenvalue weighted by Crippen LogP contribution is 2.34. The molecule has 1 saturated carbocycles. The number of hydrogen-bond donors (Lipinski definition) is 4. The Kier molecular flexibility index (Phi) is 5.32. The van der Waals surface area contributed by atoms with Gasteiger partial charge in [-0.25, -0.2) is 15.0 Å². The lowest BCUT2D eigenvalue weighted by Gasteiger charge is -2.17. The number of fused-ring (bicyclic) bond motifs is 2. The molecule has 2 fully saturated rings. The van der Waals surface area contributed by atoms with Gasteiger partial charge in [0.1, 0.15) is 35.8 Å². The number of aromatic nitrogens is 4. The lowest BCUT2D eigenvalue weighted by Crippen LogP contribution is -2.31. The van der Waals surface area contributed by atoms with Crippen molar-refractivity contribution >= 4 is 33.6 Å². The van der Waals surface area contributed by atoms with Crippen molar-refractivity contribution in [2.24, 2.45) is 5.92 Å². The van der Waals surface area contributed by atoms with E-state index < -0.39 is 24.5 Å². The highest BCUT2D eigenvalue weighted by Gasteiger charge is 2.43. The monoisotopic (exact) mass is 460 g/mol. The van der Waals surface area contributed by atoms with Gasteiger partial charge in [-0.3, -0.25) is 0 Å². The lowest BCUT2D eigenvalue weighted by atomic mass is 10.0. The first-order valence-electron chi connectivity index (χ1n) is 11.8. The Labute approximate surface area is 196 Å². The number of benzene rings is 1. The van der Waals surface area contributed by atoms with Crippen LogP contribution in [0.2, 0.25) is 0 Å². The van der Waals surface area contributed by atoms with E-state index in [2.05, 4.69) is 39.6 Å². The van der Waals surface area contributed by atoms with Crippen molar-refractivity contribution in [3.8, 4) is 0 Å². The molecular formula is C25H28N6O3. The summed E-state index contributed by atoms with van der Waals surface area (Å²) >= 11 is 0. The normalized spacial score (nSPS) is 24.8. The molecule has 0 spiro atoms. The molecule has 4 heterocycles. The molecule has 0 unspecified atom stereocenters. The Bertz CT molecular complexity index is 1340. The number of ether oxygens (including phenoxy) is 1. The molecule has 5 N–H and O–H groups in total. The van der Waals surface area contributed by atoms with Gasteiger partial charge in [0.25, 0.3) is 0 Å². The highest BCUT2D eigenvalue weighted by atomic mass is 16.6. The van der Waals surface area contributed by atoms with Gasteiger partial charge in [-0.15, -0.1) is 0 Å². The van der Waals surface area contributed by atoms with Crippen LogP contribution in [0.25, 0.3) is 21.9 Å². The zero-order valence-corrected chi connectivity index (χ0v) is 18.7. The molecule has 3 aromatic heterocycles. The molecule has 9 nitrogen and oxygen atoms in total. The fourth-order valence-corrected chi connectivity index (χ4v) is 4.69. The summed E-state index contributed by atoms with van der Waals surface area (Å²) in [6, 6.07) is 12.1. The van der Waals surface area contributed by atoms with Crippen molar-refractivity contribution in [2.45, 2.75) is 50.2 Å². The van der Waals surface area contributed by atoms with Crippen molar-refractivity contribution in [3.63, 3.8) is 0 Å². The molecule has 1 aromatic carbocycles. The number of rotatable bonds is 7. The molecule has 4 atom stereocenters. The predicted octanol–water partition coefficient (Wildman–Crippen LogP) is 2.64. The molecule has 2 aliphatic rings. The van der Waals surface area contributed by atoms with E-state index >= 15 is 0 Å². The van der Waals surface area contributed by atoms with Gasteiger partial charge in [-0.1, -0.05) is 12.1 Å². The number of nitrogens with zero attached hydrogens (tertiary/aromatic N) is 4. The molecule has 176 valence electrons. The van der Waals surface area contributed by atoms with E-state index in [-0.39, 0.29) is 0 Å². The second-order valence-corrected chi connectivity index (χ2v) is 9.35. The third-order valence-corrected chi connectivity index (χ3v) is 6.89. The van der Waals surface area contributed by atoms with Crippen LogP contribution in [-0.2, 0) is 11.2 Å². The summed E-state index contributed by atoms with van der Waals surface area (Å²) in [4.78, 5) is 13.0. The van der Waals surface area contributed by atoms with Crippen LogP contribution >= 0.6 is 0 Å². The van der Waals surface area contributed by atoms with E-state index in [1.807, 2.05) is 6.07 Å². The minimum absolute atomic E-state index is 0.365. The Morgan fingerprint density at radius 1 is 1.09 bits per heavy atom. The van der Waals surface area contributed by atoms with Crippen LogP contribution < -0.4 is 11.1 Å². The first-order chi connectivity index (χ1) is 16.6. The van der Waals surface area contributed by atoms with Crippen LogP contribution in [-0.4, -0.2) is 54.6 Å². The average Bonchev–Trinajstić information content (AvgIpc) is 3.52. The minimum atomic E-state index is -1.07. The number of aliphatic hydroxyl groups is 2. The predicted molar refractivity (Wildman–Crippen MR) is 129 cm³/mol. The quantitative estimate of drug-likeness (QED) is 0.331. The van der Waals surface area contributed by atoms with Crippen LogP contribution in [0.5, 0.6) is 0 Å². The molecule has 6 rings (SSSR count). The smallest absolute Gasteiger partial charge is 0.164 e. The number of pyridine rings is 1. The van der Waals surface area contributed by atoms with Crippen LogP contribution in [0.4, 0.5) is 11.6 Å². The van der Waals surface area contributed by atoms with E-state index in [1.54, 1.807) is 16.8 Å². The van der Waals surface area contributed by atoms with Crippen LogP contribution in [0.1, 0.15) is 31.1 Å². The molecule has 0 bridgehead atoms. The standard InChI is InChI=1S/C25H28N6O3/c26-23-17-9-10-31(24(17)29-13-28-23)25-22(33)21(32)19(34-25)7-4-14-3-5-16-6-8-20(30-18(16)11-14)27-12-15-1-2-15/h3,5-6,8-11,13,15,19,21-22,25,32-33H,1-2,4,7,12H2,(H,27,30)(H2,26,28,29)/t19-,21-,22-,25-/m1/s1. The van der Waals surface area contributed by atoms with Gasteiger partial charge in [-0.2, -0.15) is 0 Å². The summed E-state index contributed by atoms with van der Waals surface area (Å²) in [7, 11) is 0. The number of hydrogen-bond acceptors (Lipinski definition) is 8. The maximum absolute atomic E-state index is 10.7. The summed E-state index contributed by atoms with van der Waals surface area (Å²) < 4.78 is 7.81. The van der Waals surface area contributed by atoms with E-state index in [1.165, 1.54) is 19.2 Å². The first-order valence-corrected chi connectivity index (χ1v) is 11.8. The van der Waals surface area contributed by atoms with Crippen LogP contribution in [0.15, 0.2) is 48.9 Å². The minimum Gasteiger partial charge on any atom is -0.388 e. The second-order valence-electron chi connectivity index (χ2n) is 9.35. The third kappa shape index (κ3) is 3.96. The molecule has 1 aliphatic carbocycles. The highest BCUT2D eigenvalue weighted by molar-refractivity contribution is 5.86. The van der Waals surface area contributed by atoms with E-state index in [4.69, 9.17) is 15.5 Å². The number of anilines is 2. The van der Waals surface area contributed by atoms with E-state index in [0.29, 0.717) is 29.7 Å². The number of nitrogen functional groups attached to an aromatic ring is 1. The summed E-state index contributed by atoms with van der Waals surface area (Å²) in [5.74, 6) is 2.06. The molecule has 0 radical (unpaired) electrons. The van der Waals surface area contributed by atoms with Gasteiger partial charge in [-0.05, 0) is 61.4 Å². The largest absolute Gasteiger partial charge is 0.388 e. The lowest BCUT2D eigenvalue weighted by molar-refractivity contribution is -0.0364. The van der Waals surface area contributed by atoms with Crippen molar-refractivity contribution in [3.05, 3.63) is 54.5 Å². The van der Waals surface area contributed by atoms with E-state index in [0.717, 1.165) is 34.7 Å². The van der Waals surface area contributed by atoms with Crippen molar-refractivity contribution < 1.29 is 14.9 Å². The number of nitrogens with two attached hydrogens (primary N) is 1. The van der Waals surface area contributed by atoms with Gasteiger partial charge in [0, 0.05) is 18.1 Å². The first kappa shape index (κ1) is 21.3. The second kappa shape index (κ2) is 8.50. The van der Waals surface area contributed by atoms with Gasteiger partial charge >= 0.3 is 0 Å². The Hall–Kier alpha value is -3.27. The molecular weight excluding hydrogens is 432 g/mol. The maximum Gasteiger partial charge on any atom is 0.164 e. The molecule has 9 heteroatoms. The van der Waals surface area contributed by atoms with Gasteiger partial charge in [0.05, 0.1) is 17.0 Å². The maximum atomic E-state index is 10.7. The van der Waals surface area contributed by atoms with Crippen LogP contribution in [0, 0.1) is 5.92 Å². The fraction of sp³-hybridized carbons (Fsp3) is 0.400. The summed E-state index contributed by atoms with van der Waals surface area (Å²) in [6.45, 7) is 0.980. The van der Waals surface area contributed by atoms with Crippen LogP contribution in [0.3, 0.4) is 0 Å².